The summed E-state index contributed by atoms with van der Waals surface area (Å²) in [6, 6.07) is 10.8. The minimum atomic E-state index is -0.468. The Hall–Kier alpha value is -1.36. The fourth-order valence-electron chi connectivity index (χ4n) is 2.12. The molecular weight excluding hydrogens is 304 g/mol. The quantitative estimate of drug-likeness (QED) is 0.851. The van der Waals surface area contributed by atoms with Gasteiger partial charge in [0.1, 0.15) is 0 Å². The van der Waals surface area contributed by atoms with E-state index in [9.17, 15) is 4.79 Å². The smallest absolute Gasteiger partial charge is 0.237 e. The summed E-state index contributed by atoms with van der Waals surface area (Å²) in [4.78, 5) is 13.3. The van der Waals surface area contributed by atoms with E-state index in [0.29, 0.717) is 11.4 Å². The van der Waals surface area contributed by atoms with Crippen LogP contribution >= 0.6 is 22.9 Å². The first-order chi connectivity index (χ1) is 10.1. The van der Waals surface area contributed by atoms with Crippen LogP contribution < -0.4 is 11.1 Å². The maximum absolute atomic E-state index is 12.2. The summed E-state index contributed by atoms with van der Waals surface area (Å²) in [6.45, 7) is 2.02. The summed E-state index contributed by atoms with van der Waals surface area (Å²) in [6.07, 6.45) is 1.57. The van der Waals surface area contributed by atoms with Crippen LogP contribution in [0.2, 0.25) is 5.02 Å². The Morgan fingerprint density at radius 3 is 2.62 bits per heavy atom. The lowest BCUT2D eigenvalue weighted by atomic mass is 10.0. The Balaban J connectivity index is 2.21. The van der Waals surface area contributed by atoms with Gasteiger partial charge in [-0.05, 0) is 35.6 Å². The van der Waals surface area contributed by atoms with E-state index >= 15 is 0 Å². The normalized spacial score (nSPS) is 13.7. The third kappa shape index (κ3) is 4.30. The molecule has 1 aromatic carbocycles. The number of hydrogen-bond acceptors (Lipinski definition) is 3. The number of carbonyl (C=O) groups excluding carboxylic acids is 1. The molecule has 1 heterocycles. The summed E-state index contributed by atoms with van der Waals surface area (Å²) in [5, 5.41) is 5.72. The van der Waals surface area contributed by atoms with Crippen LogP contribution in [0.15, 0.2) is 41.8 Å². The number of rotatable bonds is 6. The lowest BCUT2D eigenvalue weighted by Crippen LogP contribution is -2.42. The molecule has 0 fully saturated rings. The molecule has 1 aromatic heterocycles. The van der Waals surface area contributed by atoms with Crippen LogP contribution in [-0.2, 0) is 4.79 Å². The summed E-state index contributed by atoms with van der Waals surface area (Å²) < 4.78 is 0. The van der Waals surface area contributed by atoms with Crippen LogP contribution in [0, 0.1) is 0 Å². The van der Waals surface area contributed by atoms with Gasteiger partial charge in [0.2, 0.25) is 5.91 Å². The van der Waals surface area contributed by atoms with Crippen LogP contribution in [0.5, 0.6) is 0 Å². The summed E-state index contributed by atoms with van der Waals surface area (Å²) >= 11 is 7.54. The van der Waals surface area contributed by atoms with Gasteiger partial charge in [0.05, 0.1) is 12.1 Å². The molecule has 112 valence electrons. The predicted molar refractivity (Wildman–Crippen MR) is 88.6 cm³/mol. The van der Waals surface area contributed by atoms with E-state index in [-0.39, 0.29) is 11.9 Å². The number of hydrogen-bond donors (Lipinski definition) is 2. The highest BCUT2D eigenvalue weighted by atomic mass is 35.5. The SMILES string of the molecule is CCCC(N)C(=O)NC(c1ccc(Cl)cc1)c1cccs1. The molecule has 2 unspecified atom stereocenters. The van der Waals surface area contributed by atoms with Gasteiger partial charge >= 0.3 is 0 Å². The molecular formula is C16H19ClN2OS. The molecule has 2 aromatic rings. The first-order valence-corrected chi connectivity index (χ1v) is 8.22. The Bertz CT molecular complexity index is 568. The van der Waals surface area contributed by atoms with E-state index in [1.165, 1.54) is 0 Å². The number of benzene rings is 1. The van der Waals surface area contributed by atoms with Crippen LogP contribution in [-0.4, -0.2) is 11.9 Å². The average molecular weight is 323 g/mol. The van der Waals surface area contributed by atoms with Crippen LogP contribution in [0.4, 0.5) is 0 Å². The monoisotopic (exact) mass is 322 g/mol. The Morgan fingerprint density at radius 1 is 1.33 bits per heavy atom. The molecule has 0 bridgehead atoms. The molecule has 2 rings (SSSR count). The van der Waals surface area contributed by atoms with Crippen molar-refractivity contribution in [2.45, 2.75) is 31.8 Å². The van der Waals surface area contributed by atoms with Gasteiger partial charge in [0.25, 0.3) is 0 Å². The zero-order valence-electron chi connectivity index (χ0n) is 11.9. The molecule has 0 spiro atoms. The van der Waals surface area contributed by atoms with Crippen molar-refractivity contribution >= 4 is 28.8 Å². The number of thiophene rings is 1. The van der Waals surface area contributed by atoms with Gasteiger partial charge in [-0.15, -0.1) is 11.3 Å². The van der Waals surface area contributed by atoms with E-state index in [4.69, 9.17) is 17.3 Å². The zero-order valence-corrected chi connectivity index (χ0v) is 13.5. The van der Waals surface area contributed by atoms with Crippen molar-refractivity contribution in [3.63, 3.8) is 0 Å². The van der Waals surface area contributed by atoms with E-state index < -0.39 is 6.04 Å². The van der Waals surface area contributed by atoms with Crippen molar-refractivity contribution in [2.24, 2.45) is 5.73 Å². The number of carbonyl (C=O) groups is 1. The second-order valence-corrected chi connectivity index (χ2v) is 6.32. The van der Waals surface area contributed by atoms with Gasteiger partial charge in [-0.1, -0.05) is 43.1 Å². The van der Waals surface area contributed by atoms with E-state index in [1.807, 2.05) is 48.7 Å². The molecule has 21 heavy (non-hydrogen) atoms. The average Bonchev–Trinajstić information content (AvgIpc) is 3.00. The molecule has 2 atom stereocenters. The van der Waals surface area contributed by atoms with Crippen molar-refractivity contribution < 1.29 is 4.79 Å². The van der Waals surface area contributed by atoms with Crippen LogP contribution in [0.25, 0.3) is 0 Å². The minimum Gasteiger partial charge on any atom is -0.343 e. The van der Waals surface area contributed by atoms with Gasteiger partial charge in [-0.25, -0.2) is 0 Å². The lowest BCUT2D eigenvalue weighted by molar-refractivity contribution is -0.123. The van der Waals surface area contributed by atoms with Crippen LogP contribution in [0.3, 0.4) is 0 Å². The molecule has 0 saturated heterocycles. The zero-order chi connectivity index (χ0) is 15.2. The first kappa shape index (κ1) is 16.0. The highest BCUT2D eigenvalue weighted by Crippen LogP contribution is 2.27. The van der Waals surface area contributed by atoms with Crippen LogP contribution in [0.1, 0.15) is 36.2 Å². The highest BCUT2D eigenvalue weighted by molar-refractivity contribution is 7.10. The van der Waals surface area contributed by atoms with E-state index in [1.54, 1.807) is 11.3 Å². The summed E-state index contributed by atoms with van der Waals surface area (Å²) in [7, 11) is 0. The predicted octanol–water partition coefficient (Wildman–Crippen LogP) is 3.73. The number of amides is 1. The second kappa shape index (κ2) is 7.59. The number of nitrogens with one attached hydrogen (secondary N) is 1. The maximum Gasteiger partial charge on any atom is 0.237 e. The molecule has 0 aliphatic carbocycles. The van der Waals surface area contributed by atoms with E-state index in [0.717, 1.165) is 16.9 Å². The Labute approximate surface area is 134 Å². The van der Waals surface area contributed by atoms with Gasteiger partial charge in [-0.3, -0.25) is 4.79 Å². The standard InChI is InChI=1S/C16H19ClN2OS/c1-2-4-13(18)16(20)19-15(14-5-3-10-21-14)11-6-8-12(17)9-7-11/h3,5-10,13,15H,2,4,18H2,1H3,(H,19,20). The molecule has 0 aliphatic heterocycles. The fraction of sp³-hybridized carbons (Fsp3) is 0.312. The number of halogens is 1. The maximum atomic E-state index is 12.2. The highest BCUT2D eigenvalue weighted by Gasteiger charge is 2.21. The van der Waals surface area contributed by atoms with Gasteiger partial charge in [0, 0.05) is 9.90 Å². The van der Waals surface area contributed by atoms with Crippen molar-refractivity contribution in [1.82, 2.24) is 5.32 Å². The number of nitrogens with two attached hydrogens (primary N) is 1. The lowest BCUT2D eigenvalue weighted by Gasteiger charge is -2.20. The molecule has 1 amide bonds. The minimum absolute atomic E-state index is 0.120. The molecule has 3 N–H and O–H groups in total. The summed E-state index contributed by atoms with van der Waals surface area (Å²) in [5.41, 5.74) is 6.90. The van der Waals surface area contributed by atoms with Crippen molar-refractivity contribution in [2.75, 3.05) is 0 Å². The third-order valence-corrected chi connectivity index (χ3v) is 4.44. The molecule has 0 aliphatic rings. The first-order valence-electron chi connectivity index (χ1n) is 6.96. The fourth-order valence-corrected chi connectivity index (χ4v) is 3.05. The van der Waals surface area contributed by atoms with E-state index in [2.05, 4.69) is 5.32 Å². The molecule has 3 nitrogen and oxygen atoms in total. The summed E-state index contributed by atoms with van der Waals surface area (Å²) in [5.74, 6) is -0.120. The van der Waals surface area contributed by atoms with Crippen molar-refractivity contribution in [3.05, 3.63) is 57.2 Å². The Kier molecular flexibility index (Phi) is 5.79. The largest absolute Gasteiger partial charge is 0.343 e. The van der Waals surface area contributed by atoms with Crippen molar-refractivity contribution in [1.29, 1.82) is 0 Å². The second-order valence-electron chi connectivity index (χ2n) is 4.90. The molecule has 0 radical (unpaired) electrons. The Morgan fingerprint density at radius 2 is 2.05 bits per heavy atom. The topological polar surface area (TPSA) is 55.1 Å². The third-order valence-electron chi connectivity index (χ3n) is 3.25. The van der Waals surface area contributed by atoms with Gasteiger partial charge in [0.15, 0.2) is 0 Å². The molecule has 5 heteroatoms. The van der Waals surface area contributed by atoms with Crippen molar-refractivity contribution in [3.8, 4) is 0 Å². The molecule has 0 saturated carbocycles. The van der Waals surface area contributed by atoms with Gasteiger partial charge in [-0.2, -0.15) is 0 Å². The van der Waals surface area contributed by atoms with Gasteiger partial charge < -0.3 is 11.1 Å².